The fraction of sp³-hybridized carbons (Fsp3) is 0.500. The summed E-state index contributed by atoms with van der Waals surface area (Å²) in [5.41, 5.74) is 3.34. The monoisotopic (exact) mass is 440 g/mol. The molecular formula is C26H36N2O4. The predicted molar refractivity (Wildman–Crippen MR) is 126 cm³/mol. The third-order valence-electron chi connectivity index (χ3n) is 5.85. The fourth-order valence-electron chi connectivity index (χ4n) is 4.04. The van der Waals surface area contributed by atoms with Gasteiger partial charge in [0, 0.05) is 19.7 Å². The normalized spacial score (nSPS) is 14.9. The van der Waals surface area contributed by atoms with E-state index in [1.807, 2.05) is 24.3 Å². The van der Waals surface area contributed by atoms with Crippen LogP contribution in [0.3, 0.4) is 0 Å². The zero-order valence-corrected chi connectivity index (χ0v) is 19.1. The number of benzene rings is 2. The number of ether oxygens (including phenoxy) is 2. The molecule has 0 bridgehead atoms. The van der Waals surface area contributed by atoms with Crippen molar-refractivity contribution in [3.63, 3.8) is 0 Å². The Morgan fingerprint density at radius 1 is 1.00 bits per heavy atom. The Balaban J connectivity index is 1.50. The Kier molecular flexibility index (Phi) is 10.0. The van der Waals surface area contributed by atoms with E-state index in [-0.39, 0.29) is 18.6 Å². The molecule has 0 aliphatic carbocycles. The van der Waals surface area contributed by atoms with Gasteiger partial charge in [-0.3, -0.25) is 4.79 Å². The van der Waals surface area contributed by atoms with Crippen LogP contribution in [-0.4, -0.2) is 61.9 Å². The topological polar surface area (TPSA) is 71.0 Å². The molecule has 174 valence electrons. The van der Waals surface area contributed by atoms with Gasteiger partial charge in [-0.15, -0.1) is 0 Å². The molecule has 0 unspecified atom stereocenters. The van der Waals surface area contributed by atoms with Gasteiger partial charge in [0.1, 0.15) is 5.75 Å². The number of rotatable bonds is 13. The van der Waals surface area contributed by atoms with Crippen molar-refractivity contribution >= 4 is 5.91 Å². The average molecular weight is 441 g/mol. The molecule has 1 aliphatic rings. The largest absolute Gasteiger partial charge is 0.493 e. The van der Waals surface area contributed by atoms with Crippen LogP contribution in [0.25, 0.3) is 0 Å². The number of hydrogen-bond acceptors (Lipinski definition) is 5. The van der Waals surface area contributed by atoms with E-state index in [0.29, 0.717) is 18.8 Å². The standard InChI is InChI=1S/C26H36N2O4/c1-31-16-12-21-4-6-22(7-5-21)18-24(19-28-14-2-3-15-28)27-26(30)13-17-32-25-10-8-23(20-29)9-11-25/h4-11,24,29H,2-3,12-20H2,1H3,(H,27,30)/t24-/m0/s1. The Morgan fingerprint density at radius 3 is 2.31 bits per heavy atom. The molecule has 6 heteroatoms. The van der Waals surface area contributed by atoms with Crippen molar-refractivity contribution in [2.75, 3.05) is 40.0 Å². The molecular weight excluding hydrogens is 404 g/mol. The van der Waals surface area contributed by atoms with Crippen molar-refractivity contribution < 1.29 is 19.4 Å². The Labute approximate surface area is 191 Å². The Morgan fingerprint density at radius 2 is 1.66 bits per heavy atom. The van der Waals surface area contributed by atoms with Crippen LogP contribution in [0, 0.1) is 0 Å². The number of aliphatic hydroxyl groups is 1. The number of hydrogen-bond donors (Lipinski definition) is 2. The summed E-state index contributed by atoms with van der Waals surface area (Å²) in [5, 5.41) is 12.3. The van der Waals surface area contributed by atoms with Crippen molar-refractivity contribution in [2.24, 2.45) is 0 Å². The lowest BCUT2D eigenvalue weighted by molar-refractivity contribution is -0.122. The quantitative estimate of drug-likeness (QED) is 0.501. The predicted octanol–water partition coefficient (Wildman–Crippen LogP) is 2.96. The van der Waals surface area contributed by atoms with Gasteiger partial charge in [0.15, 0.2) is 0 Å². The molecule has 1 fully saturated rings. The second-order valence-corrected chi connectivity index (χ2v) is 8.44. The molecule has 1 aliphatic heterocycles. The highest BCUT2D eigenvalue weighted by molar-refractivity contribution is 5.76. The summed E-state index contributed by atoms with van der Waals surface area (Å²) >= 11 is 0. The highest BCUT2D eigenvalue weighted by Crippen LogP contribution is 2.14. The summed E-state index contributed by atoms with van der Waals surface area (Å²) in [6.07, 6.45) is 4.51. The number of nitrogens with zero attached hydrogens (tertiary/aromatic N) is 1. The van der Waals surface area contributed by atoms with E-state index in [1.54, 1.807) is 7.11 Å². The number of aliphatic hydroxyl groups excluding tert-OH is 1. The van der Waals surface area contributed by atoms with Gasteiger partial charge >= 0.3 is 0 Å². The van der Waals surface area contributed by atoms with E-state index < -0.39 is 0 Å². The summed E-state index contributed by atoms with van der Waals surface area (Å²) in [5.74, 6) is 0.718. The third kappa shape index (κ3) is 8.26. The van der Waals surface area contributed by atoms with Crippen molar-refractivity contribution in [3.8, 4) is 5.75 Å². The van der Waals surface area contributed by atoms with E-state index in [4.69, 9.17) is 14.6 Å². The fourth-order valence-corrected chi connectivity index (χ4v) is 4.04. The first-order valence-electron chi connectivity index (χ1n) is 11.6. The summed E-state index contributed by atoms with van der Waals surface area (Å²) in [7, 11) is 1.72. The lowest BCUT2D eigenvalue weighted by Crippen LogP contribution is -2.44. The van der Waals surface area contributed by atoms with Gasteiger partial charge in [-0.2, -0.15) is 0 Å². The number of carbonyl (C=O) groups is 1. The van der Waals surface area contributed by atoms with E-state index in [1.165, 1.54) is 24.0 Å². The molecule has 1 amide bonds. The van der Waals surface area contributed by atoms with Gasteiger partial charge in [-0.25, -0.2) is 0 Å². The lowest BCUT2D eigenvalue weighted by atomic mass is 10.0. The number of likely N-dealkylation sites (tertiary alicyclic amines) is 1. The molecule has 2 aromatic carbocycles. The molecule has 0 radical (unpaired) electrons. The van der Waals surface area contributed by atoms with E-state index in [2.05, 4.69) is 34.5 Å². The van der Waals surface area contributed by atoms with Crippen molar-refractivity contribution in [1.29, 1.82) is 0 Å². The molecule has 1 heterocycles. The summed E-state index contributed by atoms with van der Waals surface area (Å²) < 4.78 is 10.8. The zero-order chi connectivity index (χ0) is 22.6. The van der Waals surface area contributed by atoms with Gasteiger partial charge in [0.05, 0.1) is 26.2 Å². The molecule has 1 atom stereocenters. The van der Waals surface area contributed by atoms with E-state index >= 15 is 0 Å². The first kappa shape index (κ1) is 24.2. The maximum absolute atomic E-state index is 12.6. The van der Waals surface area contributed by atoms with Crippen molar-refractivity contribution in [1.82, 2.24) is 10.2 Å². The second-order valence-electron chi connectivity index (χ2n) is 8.44. The molecule has 6 nitrogen and oxygen atoms in total. The van der Waals surface area contributed by atoms with Crippen LogP contribution in [0.5, 0.6) is 5.75 Å². The number of amides is 1. The molecule has 32 heavy (non-hydrogen) atoms. The van der Waals surface area contributed by atoms with Gasteiger partial charge in [0.25, 0.3) is 0 Å². The SMILES string of the molecule is COCCc1ccc(C[C@@H](CN2CCCC2)NC(=O)CCOc2ccc(CO)cc2)cc1. The van der Waals surface area contributed by atoms with E-state index in [9.17, 15) is 4.79 Å². The van der Waals surface area contributed by atoms with Crippen LogP contribution in [-0.2, 0) is 29.0 Å². The number of nitrogens with one attached hydrogen (secondary N) is 1. The van der Waals surface area contributed by atoms with Crippen LogP contribution >= 0.6 is 0 Å². The molecule has 2 N–H and O–H groups in total. The summed E-state index contributed by atoms with van der Waals surface area (Å²) in [4.78, 5) is 15.1. The maximum Gasteiger partial charge on any atom is 0.223 e. The average Bonchev–Trinajstić information content (AvgIpc) is 3.32. The van der Waals surface area contributed by atoms with Gasteiger partial charge in [0.2, 0.25) is 5.91 Å². The minimum atomic E-state index is 0.0109. The minimum absolute atomic E-state index is 0.0109. The summed E-state index contributed by atoms with van der Waals surface area (Å²) in [6.45, 7) is 4.15. The molecule has 0 saturated carbocycles. The Bertz CT molecular complexity index is 802. The second kappa shape index (κ2) is 13.2. The van der Waals surface area contributed by atoms with Gasteiger partial charge in [-0.05, 0) is 67.6 Å². The van der Waals surface area contributed by atoms with Crippen LogP contribution in [0.2, 0.25) is 0 Å². The van der Waals surface area contributed by atoms with Crippen LogP contribution < -0.4 is 10.1 Å². The summed E-state index contributed by atoms with van der Waals surface area (Å²) in [6, 6.07) is 16.0. The molecule has 1 saturated heterocycles. The Hall–Kier alpha value is -2.41. The van der Waals surface area contributed by atoms with Crippen LogP contribution in [0.1, 0.15) is 36.0 Å². The molecule has 0 spiro atoms. The highest BCUT2D eigenvalue weighted by atomic mass is 16.5. The zero-order valence-electron chi connectivity index (χ0n) is 19.1. The third-order valence-corrected chi connectivity index (χ3v) is 5.85. The first-order valence-corrected chi connectivity index (χ1v) is 11.6. The number of carbonyl (C=O) groups excluding carboxylic acids is 1. The maximum atomic E-state index is 12.6. The van der Waals surface area contributed by atoms with Crippen LogP contribution in [0.4, 0.5) is 0 Å². The van der Waals surface area contributed by atoms with Crippen LogP contribution in [0.15, 0.2) is 48.5 Å². The van der Waals surface area contributed by atoms with Gasteiger partial charge < -0.3 is 24.8 Å². The van der Waals surface area contributed by atoms with E-state index in [0.717, 1.165) is 44.6 Å². The first-order chi connectivity index (χ1) is 15.7. The molecule has 0 aromatic heterocycles. The number of methoxy groups -OCH3 is 1. The smallest absolute Gasteiger partial charge is 0.223 e. The van der Waals surface area contributed by atoms with Crippen molar-refractivity contribution in [2.45, 2.75) is 44.8 Å². The highest BCUT2D eigenvalue weighted by Gasteiger charge is 2.19. The molecule has 2 aromatic rings. The lowest BCUT2D eigenvalue weighted by Gasteiger charge is -2.25. The van der Waals surface area contributed by atoms with Gasteiger partial charge in [-0.1, -0.05) is 36.4 Å². The molecule has 3 rings (SSSR count). The van der Waals surface area contributed by atoms with Crippen molar-refractivity contribution in [3.05, 3.63) is 65.2 Å². The minimum Gasteiger partial charge on any atom is -0.493 e.